The Hall–Kier alpha value is -2.14. The molecule has 0 atom stereocenters. The lowest BCUT2D eigenvalue weighted by atomic mass is 10.2. The van der Waals surface area contributed by atoms with E-state index in [0.29, 0.717) is 0 Å². The number of hydrogen-bond donors (Lipinski definition) is 2. The first-order valence-electron chi connectivity index (χ1n) is 5.26. The lowest BCUT2D eigenvalue weighted by molar-refractivity contribution is -0.137. The standard InChI is InChI=1S/C11H11FN2O4S/c12-9-3-4-10(8(6-9)7-13)14-19(17,18)5-1-2-11(15)16/h3-4,6,14H,1-2,5H2,(H,15,16). The normalized spacial score (nSPS) is 10.7. The maximum Gasteiger partial charge on any atom is 0.303 e. The van der Waals surface area contributed by atoms with Gasteiger partial charge in [0.05, 0.1) is 17.0 Å². The van der Waals surface area contributed by atoms with Gasteiger partial charge in [-0.3, -0.25) is 9.52 Å². The van der Waals surface area contributed by atoms with Crippen molar-refractivity contribution in [3.05, 3.63) is 29.6 Å². The molecule has 0 saturated carbocycles. The van der Waals surface area contributed by atoms with Gasteiger partial charge in [0.2, 0.25) is 10.0 Å². The molecule has 0 aliphatic rings. The second-order valence-corrected chi connectivity index (χ2v) is 5.56. The van der Waals surface area contributed by atoms with E-state index < -0.39 is 21.8 Å². The van der Waals surface area contributed by atoms with Crippen molar-refractivity contribution >= 4 is 21.7 Å². The van der Waals surface area contributed by atoms with Gasteiger partial charge in [-0.05, 0) is 24.6 Å². The number of sulfonamides is 1. The number of carbonyl (C=O) groups is 1. The Morgan fingerprint density at radius 1 is 1.47 bits per heavy atom. The van der Waals surface area contributed by atoms with Crippen LogP contribution < -0.4 is 4.72 Å². The Morgan fingerprint density at radius 3 is 2.74 bits per heavy atom. The van der Waals surface area contributed by atoms with Crippen molar-refractivity contribution < 1.29 is 22.7 Å². The molecule has 0 radical (unpaired) electrons. The number of halogens is 1. The number of carboxylic acids is 1. The second kappa shape index (κ2) is 6.15. The van der Waals surface area contributed by atoms with Gasteiger partial charge in [0, 0.05) is 6.42 Å². The van der Waals surface area contributed by atoms with Crippen molar-refractivity contribution in [1.82, 2.24) is 0 Å². The summed E-state index contributed by atoms with van der Waals surface area (Å²) < 4.78 is 38.2. The lowest BCUT2D eigenvalue weighted by Crippen LogP contribution is -2.18. The molecule has 0 heterocycles. The summed E-state index contributed by atoms with van der Waals surface area (Å²) in [5, 5.41) is 17.2. The minimum absolute atomic E-state index is 0.0285. The number of anilines is 1. The Kier molecular flexibility index (Phi) is 4.83. The molecule has 6 nitrogen and oxygen atoms in total. The van der Waals surface area contributed by atoms with Gasteiger partial charge < -0.3 is 5.11 Å². The minimum Gasteiger partial charge on any atom is -0.481 e. The van der Waals surface area contributed by atoms with Gasteiger partial charge in [-0.2, -0.15) is 5.26 Å². The highest BCUT2D eigenvalue weighted by Gasteiger charge is 2.14. The minimum atomic E-state index is -3.76. The fourth-order valence-electron chi connectivity index (χ4n) is 1.33. The summed E-state index contributed by atoms with van der Waals surface area (Å²) in [7, 11) is -3.76. The number of aliphatic carboxylic acids is 1. The van der Waals surface area contributed by atoms with Gasteiger partial charge in [-0.15, -0.1) is 0 Å². The van der Waals surface area contributed by atoms with Crippen LogP contribution in [0.15, 0.2) is 18.2 Å². The van der Waals surface area contributed by atoms with Crippen LogP contribution in [0.4, 0.5) is 10.1 Å². The zero-order valence-corrected chi connectivity index (χ0v) is 10.6. The summed E-state index contributed by atoms with van der Waals surface area (Å²) >= 11 is 0. The van der Waals surface area contributed by atoms with Crippen LogP contribution >= 0.6 is 0 Å². The van der Waals surface area contributed by atoms with Gasteiger partial charge >= 0.3 is 5.97 Å². The molecule has 0 aromatic heterocycles. The number of nitriles is 1. The van der Waals surface area contributed by atoms with Crippen LogP contribution in [0.1, 0.15) is 18.4 Å². The van der Waals surface area contributed by atoms with E-state index in [1.54, 1.807) is 6.07 Å². The Balaban J connectivity index is 2.79. The molecule has 0 fully saturated rings. The summed E-state index contributed by atoms with van der Waals surface area (Å²) in [5.41, 5.74) is -0.166. The maximum atomic E-state index is 12.9. The van der Waals surface area contributed by atoms with E-state index in [9.17, 15) is 17.6 Å². The third kappa shape index (κ3) is 4.93. The summed E-state index contributed by atoms with van der Waals surface area (Å²) in [6, 6.07) is 4.75. The van der Waals surface area contributed by atoms with Crippen LogP contribution in [0, 0.1) is 17.1 Å². The van der Waals surface area contributed by atoms with E-state index in [2.05, 4.69) is 4.72 Å². The predicted octanol–water partition coefficient (Wildman–Crippen LogP) is 1.30. The monoisotopic (exact) mass is 286 g/mol. The first-order valence-corrected chi connectivity index (χ1v) is 6.91. The number of benzene rings is 1. The van der Waals surface area contributed by atoms with Gasteiger partial charge in [0.25, 0.3) is 0 Å². The summed E-state index contributed by atoms with van der Waals surface area (Å²) in [4.78, 5) is 10.3. The fourth-order valence-corrected chi connectivity index (χ4v) is 2.47. The Bertz CT molecular complexity index is 622. The number of nitrogens with one attached hydrogen (secondary N) is 1. The Labute approximate surface area is 109 Å². The average Bonchev–Trinajstić information content (AvgIpc) is 2.30. The third-order valence-corrected chi connectivity index (χ3v) is 3.53. The van der Waals surface area contributed by atoms with Gasteiger partial charge in [-0.1, -0.05) is 0 Å². The molecular weight excluding hydrogens is 275 g/mol. The lowest BCUT2D eigenvalue weighted by Gasteiger charge is -2.08. The fraction of sp³-hybridized carbons (Fsp3) is 0.273. The van der Waals surface area contributed by atoms with E-state index in [1.165, 1.54) is 0 Å². The molecule has 0 bridgehead atoms. The van der Waals surface area contributed by atoms with Crippen molar-refractivity contribution in [2.75, 3.05) is 10.5 Å². The van der Waals surface area contributed by atoms with Gasteiger partial charge in [-0.25, -0.2) is 12.8 Å². The van der Waals surface area contributed by atoms with Crippen LogP contribution in [-0.4, -0.2) is 25.2 Å². The summed E-state index contributed by atoms with van der Waals surface area (Å²) in [6.45, 7) is 0. The molecule has 0 saturated heterocycles. The van der Waals surface area contributed by atoms with E-state index >= 15 is 0 Å². The quantitative estimate of drug-likeness (QED) is 0.819. The molecule has 0 aliphatic heterocycles. The highest BCUT2D eigenvalue weighted by Crippen LogP contribution is 2.17. The summed E-state index contributed by atoms with van der Waals surface area (Å²) in [5.74, 6) is -2.12. The molecule has 0 unspecified atom stereocenters. The van der Waals surface area contributed by atoms with Gasteiger partial charge in [0.1, 0.15) is 11.9 Å². The number of nitrogens with zero attached hydrogens (tertiary/aromatic N) is 1. The number of rotatable bonds is 6. The molecule has 0 amide bonds. The zero-order chi connectivity index (χ0) is 14.5. The van der Waals surface area contributed by atoms with Crippen molar-refractivity contribution in [3.8, 4) is 6.07 Å². The highest BCUT2D eigenvalue weighted by atomic mass is 32.2. The molecule has 8 heteroatoms. The first-order chi connectivity index (χ1) is 8.84. The topological polar surface area (TPSA) is 107 Å². The van der Waals surface area contributed by atoms with Crippen molar-refractivity contribution in [3.63, 3.8) is 0 Å². The number of carboxylic acid groups (broad SMARTS) is 1. The van der Waals surface area contributed by atoms with E-state index in [-0.39, 0.29) is 29.8 Å². The SMILES string of the molecule is N#Cc1cc(F)ccc1NS(=O)(=O)CCCC(=O)O. The van der Waals surface area contributed by atoms with E-state index in [1.807, 2.05) is 0 Å². The first kappa shape index (κ1) is 14.9. The largest absolute Gasteiger partial charge is 0.481 e. The van der Waals surface area contributed by atoms with Crippen LogP contribution in [0.25, 0.3) is 0 Å². The molecule has 0 spiro atoms. The van der Waals surface area contributed by atoms with Crippen molar-refractivity contribution in [1.29, 1.82) is 5.26 Å². The molecule has 0 aliphatic carbocycles. The second-order valence-electron chi connectivity index (χ2n) is 3.72. The highest BCUT2D eigenvalue weighted by molar-refractivity contribution is 7.92. The van der Waals surface area contributed by atoms with Crippen molar-refractivity contribution in [2.24, 2.45) is 0 Å². The smallest absolute Gasteiger partial charge is 0.303 e. The molecular formula is C11H11FN2O4S. The molecule has 1 rings (SSSR count). The average molecular weight is 286 g/mol. The van der Waals surface area contributed by atoms with Crippen molar-refractivity contribution in [2.45, 2.75) is 12.8 Å². The molecule has 1 aromatic rings. The molecule has 19 heavy (non-hydrogen) atoms. The maximum absolute atomic E-state index is 12.9. The van der Waals surface area contributed by atoms with Crippen LogP contribution in [0.5, 0.6) is 0 Å². The van der Waals surface area contributed by atoms with Crippen LogP contribution in [0.3, 0.4) is 0 Å². The van der Waals surface area contributed by atoms with Crippen LogP contribution in [0.2, 0.25) is 0 Å². The van der Waals surface area contributed by atoms with Gasteiger partial charge in [0.15, 0.2) is 0 Å². The molecule has 1 aromatic carbocycles. The predicted molar refractivity (Wildman–Crippen MR) is 65.4 cm³/mol. The van der Waals surface area contributed by atoms with E-state index in [4.69, 9.17) is 10.4 Å². The van der Waals surface area contributed by atoms with Crippen LogP contribution in [-0.2, 0) is 14.8 Å². The molecule has 2 N–H and O–H groups in total. The Morgan fingerprint density at radius 2 is 2.16 bits per heavy atom. The summed E-state index contributed by atoms with van der Waals surface area (Å²) in [6.07, 6.45) is -0.316. The third-order valence-electron chi connectivity index (χ3n) is 2.17. The zero-order valence-electron chi connectivity index (χ0n) is 9.76. The molecule has 102 valence electrons. The number of hydrogen-bond acceptors (Lipinski definition) is 4. The van der Waals surface area contributed by atoms with E-state index in [0.717, 1.165) is 18.2 Å².